The van der Waals surface area contributed by atoms with Crippen LogP contribution in [0.15, 0.2) is 0 Å². The van der Waals surface area contributed by atoms with Crippen LogP contribution in [0, 0.1) is 23.7 Å². The summed E-state index contributed by atoms with van der Waals surface area (Å²) in [6, 6.07) is 0. The minimum atomic E-state index is -3.12. The van der Waals surface area contributed by atoms with Gasteiger partial charge in [-0.2, -0.15) is 0 Å². The summed E-state index contributed by atoms with van der Waals surface area (Å²) in [5, 5.41) is 0. The molecule has 6 atom stereocenters. The van der Waals surface area contributed by atoms with Gasteiger partial charge in [0, 0.05) is 13.2 Å². The molecule has 0 N–H and O–H groups in total. The normalized spacial score (nSPS) is 38.3. The fourth-order valence-electron chi connectivity index (χ4n) is 6.98. The zero-order valence-corrected chi connectivity index (χ0v) is 19.9. The van der Waals surface area contributed by atoms with E-state index in [1.165, 1.54) is 77.0 Å². The van der Waals surface area contributed by atoms with Gasteiger partial charge in [-0.1, -0.05) is 51.4 Å². The van der Waals surface area contributed by atoms with Crippen LogP contribution >= 0.6 is 0 Å². The predicted octanol–water partition coefficient (Wildman–Crippen LogP) is 6.25. The van der Waals surface area contributed by atoms with Crippen molar-refractivity contribution in [2.75, 3.05) is 13.2 Å². The molecule has 0 bridgehead atoms. The van der Waals surface area contributed by atoms with Crippen molar-refractivity contribution in [3.63, 3.8) is 0 Å². The lowest BCUT2D eigenvalue weighted by Gasteiger charge is -2.46. The Kier molecular flexibility index (Phi) is 8.12. The minimum Gasteiger partial charge on any atom is -0.351 e. The van der Waals surface area contributed by atoms with Crippen LogP contribution < -0.4 is 0 Å². The third-order valence-electron chi connectivity index (χ3n) is 8.25. The molecule has 4 aliphatic carbocycles. The van der Waals surface area contributed by atoms with E-state index in [9.17, 15) is 0 Å². The summed E-state index contributed by atoms with van der Waals surface area (Å²) >= 11 is 0. The molecule has 0 saturated heterocycles. The number of rotatable bonds is 8. The van der Waals surface area contributed by atoms with Crippen LogP contribution in [0.5, 0.6) is 0 Å². The van der Waals surface area contributed by atoms with Gasteiger partial charge >= 0.3 is 9.05 Å². The third kappa shape index (κ3) is 5.28. The van der Waals surface area contributed by atoms with Crippen molar-refractivity contribution in [2.45, 2.75) is 116 Å². The van der Waals surface area contributed by atoms with Gasteiger partial charge in [-0.05, 0) is 76.0 Å². The highest BCUT2D eigenvalue weighted by Gasteiger charge is 2.53. The summed E-state index contributed by atoms with van der Waals surface area (Å²) in [6.45, 7) is 5.33. The zero-order chi connectivity index (χ0) is 20.1. The van der Waals surface area contributed by atoms with Crippen LogP contribution in [0.25, 0.3) is 0 Å². The fraction of sp³-hybridized carbons (Fsp3) is 1.00. The first-order chi connectivity index (χ1) is 14.2. The van der Waals surface area contributed by atoms with E-state index in [1.54, 1.807) is 0 Å². The molecule has 4 aliphatic rings. The van der Waals surface area contributed by atoms with E-state index in [1.807, 2.05) is 0 Å². The summed E-state index contributed by atoms with van der Waals surface area (Å²) in [6.07, 6.45) is 19.1. The molecule has 29 heavy (non-hydrogen) atoms. The highest BCUT2D eigenvalue weighted by atomic mass is 28.4. The molecule has 0 radical (unpaired) electrons. The molecule has 168 valence electrons. The lowest BCUT2D eigenvalue weighted by Crippen LogP contribution is -2.57. The molecule has 0 spiro atoms. The van der Waals surface area contributed by atoms with Gasteiger partial charge in [0.05, 0.1) is 12.2 Å². The van der Waals surface area contributed by atoms with Gasteiger partial charge in [-0.3, -0.25) is 0 Å². The van der Waals surface area contributed by atoms with Crippen LogP contribution in [-0.4, -0.2) is 34.5 Å². The van der Waals surface area contributed by atoms with E-state index in [-0.39, 0.29) is 12.2 Å². The summed E-state index contributed by atoms with van der Waals surface area (Å²) < 4.78 is 26.4. The van der Waals surface area contributed by atoms with Crippen molar-refractivity contribution >= 4 is 9.05 Å². The molecule has 4 rings (SSSR count). The molecule has 0 heterocycles. The Bertz CT molecular complexity index is 453. The Labute approximate surface area is 179 Å². The van der Waals surface area contributed by atoms with Crippen molar-refractivity contribution in [2.24, 2.45) is 23.7 Å². The molecule has 0 aromatic carbocycles. The van der Waals surface area contributed by atoms with Crippen LogP contribution in [-0.2, 0) is 17.7 Å². The maximum absolute atomic E-state index is 6.88. The molecule has 0 aromatic heterocycles. The van der Waals surface area contributed by atoms with Crippen LogP contribution in [0.2, 0.25) is 0 Å². The van der Waals surface area contributed by atoms with Gasteiger partial charge in [-0.15, -0.1) is 0 Å². The zero-order valence-electron chi connectivity index (χ0n) is 18.9. The van der Waals surface area contributed by atoms with Gasteiger partial charge in [0.2, 0.25) is 0 Å². The van der Waals surface area contributed by atoms with Crippen molar-refractivity contribution < 1.29 is 17.7 Å². The van der Waals surface area contributed by atoms with E-state index in [4.69, 9.17) is 17.7 Å². The molecule has 0 amide bonds. The second-order valence-electron chi connectivity index (χ2n) is 9.96. The Hall–Kier alpha value is 0.0569. The van der Waals surface area contributed by atoms with Crippen molar-refractivity contribution in [1.29, 1.82) is 0 Å². The van der Waals surface area contributed by atoms with Gasteiger partial charge in [-0.25, -0.2) is 0 Å². The van der Waals surface area contributed by atoms with Gasteiger partial charge in [0.1, 0.15) is 0 Å². The molecular weight excluding hydrogens is 380 g/mol. The molecule has 0 aromatic rings. The summed E-state index contributed by atoms with van der Waals surface area (Å²) in [4.78, 5) is 0. The molecule has 6 unspecified atom stereocenters. The number of fused-ring (bicyclic) bond motifs is 2. The third-order valence-corrected chi connectivity index (χ3v) is 10.7. The lowest BCUT2D eigenvalue weighted by atomic mass is 9.69. The van der Waals surface area contributed by atoms with Crippen LogP contribution in [0.4, 0.5) is 0 Å². The largest absolute Gasteiger partial charge is 0.680 e. The maximum atomic E-state index is 6.88. The first-order valence-corrected chi connectivity index (χ1v) is 14.5. The van der Waals surface area contributed by atoms with Gasteiger partial charge in [0.15, 0.2) is 0 Å². The summed E-state index contributed by atoms with van der Waals surface area (Å²) in [5.74, 6) is 3.05. The molecule has 5 heteroatoms. The quantitative estimate of drug-likeness (QED) is 0.432. The molecule has 4 nitrogen and oxygen atoms in total. The maximum Gasteiger partial charge on any atom is 0.680 e. The monoisotopic (exact) mass is 424 g/mol. The summed E-state index contributed by atoms with van der Waals surface area (Å²) in [5.41, 5.74) is 0. The Morgan fingerprint density at radius 2 is 0.966 bits per heavy atom. The highest BCUT2D eigenvalue weighted by Crippen LogP contribution is 2.45. The predicted molar refractivity (Wildman–Crippen MR) is 117 cm³/mol. The molecule has 4 saturated carbocycles. The second-order valence-corrected chi connectivity index (χ2v) is 12.0. The van der Waals surface area contributed by atoms with Crippen molar-refractivity contribution in [1.82, 2.24) is 0 Å². The molecule has 0 aliphatic heterocycles. The average Bonchev–Trinajstić information content (AvgIpc) is 2.75. The van der Waals surface area contributed by atoms with Crippen molar-refractivity contribution in [3.8, 4) is 0 Å². The van der Waals surface area contributed by atoms with E-state index in [0.717, 1.165) is 24.7 Å². The second kappa shape index (κ2) is 10.6. The topological polar surface area (TPSA) is 36.9 Å². The fourth-order valence-corrected chi connectivity index (χ4v) is 9.43. The SMILES string of the molecule is CCO[Si](OCC)(OC1CCCC2CCCCC21)OC1CCCC2CCCCC21. The Morgan fingerprint density at radius 3 is 1.41 bits per heavy atom. The van der Waals surface area contributed by atoms with E-state index in [0.29, 0.717) is 25.0 Å². The van der Waals surface area contributed by atoms with E-state index < -0.39 is 9.05 Å². The van der Waals surface area contributed by atoms with E-state index in [2.05, 4.69) is 13.8 Å². The number of hydrogen-bond acceptors (Lipinski definition) is 4. The van der Waals surface area contributed by atoms with Gasteiger partial charge < -0.3 is 17.7 Å². The smallest absolute Gasteiger partial charge is 0.351 e. The first-order valence-electron chi connectivity index (χ1n) is 12.9. The number of hydrogen-bond donors (Lipinski definition) is 0. The molecule has 4 fully saturated rings. The average molecular weight is 425 g/mol. The van der Waals surface area contributed by atoms with Crippen LogP contribution in [0.3, 0.4) is 0 Å². The minimum absolute atomic E-state index is 0.268. The van der Waals surface area contributed by atoms with Gasteiger partial charge in [0.25, 0.3) is 0 Å². The Morgan fingerprint density at radius 1 is 0.552 bits per heavy atom. The lowest BCUT2D eigenvalue weighted by molar-refractivity contribution is -0.119. The van der Waals surface area contributed by atoms with Crippen molar-refractivity contribution in [3.05, 3.63) is 0 Å². The molecular formula is C24H44O4Si. The highest BCUT2D eigenvalue weighted by molar-refractivity contribution is 6.53. The summed E-state index contributed by atoms with van der Waals surface area (Å²) in [7, 11) is -3.12. The standard InChI is InChI=1S/C24H44O4Si/c1-3-25-29(26-4-2,27-23-17-9-13-19-11-5-7-15-21(19)23)28-24-18-10-14-20-12-6-8-16-22(20)24/h19-24H,3-18H2,1-2H3. The first kappa shape index (κ1) is 22.3. The van der Waals surface area contributed by atoms with E-state index >= 15 is 0 Å². The Balaban J connectivity index is 1.50. The van der Waals surface area contributed by atoms with Crippen LogP contribution in [0.1, 0.15) is 104 Å².